The van der Waals surface area contributed by atoms with E-state index in [-0.39, 0.29) is 0 Å². The summed E-state index contributed by atoms with van der Waals surface area (Å²) >= 11 is 0. The third-order valence-corrected chi connectivity index (χ3v) is 4.60. The van der Waals surface area contributed by atoms with Gasteiger partial charge in [0.05, 0.1) is 0 Å². The molecule has 2 heterocycles. The van der Waals surface area contributed by atoms with Crippen molar-refractivity contribution >= 4 is 0 Å². The molecule has 3 fully saturated rings. The van der Waals surface area contributed by atoms with Crippen LogP contribution in [0.25, 0.3) is 0 Å². The lowest BCUT2D eigenvalue weighted by atomic mass is 9.91. The fraction of sp³-hybridized carbons (Fsp3) is 1.00. The molecule has 0 bridgehead atoms. The Labute approximate surface area is 93.4 Å². The van der Waals surface area contributed by atoms with Crippen molar-refractivity contribution in [2.45, 2.75) is 44.6 Å². The number of nitrogens with one attached hydrogen (secondary N) is 1. The molecule has 2 aliphatic heterocycles. The zero-order chi connectivity index (χ0) is 10.1. The van der Waals surface area contributed by atoms with E-state index < -0.39 is 0 Å². The van der Waals surface area contributed by atoms with Gasteiger partial charge in [-0.25, -0.2) is 0 Å². The maximum atomic E-state index is 3.47. The van der Waals surface area contributed by atoms with Crippen molar-refractivity contribution in [1.29, 1.82) is 0 Å². The Kier molecular flexibility index (Phi) is 2.98. The first kappa shape index (κ1) is 10.1. The second-order valence-corrected chi connectivity index (χ2v) is 5.72. The number of rotatable bonds is 2. The van der Waals surface area contributed by atoms with Crippen LogP contribution < -0.4 is 5.32 Å². The molecule has 0 spiro atoms. The number of hydrogen-bond acceptors (Lipinski definition) is 2. The second kappa shape index (κ2) is 4.42. The molecule has 0 amide bonds. The summed E-state index contributed by atoms with van der Waals surface area (Å²) in [6, 6.07) is 0.910. The Bertz CT molecular complexity index is 207. The van der Waals surface area contributed by atoms with Crippen LogP contribution in [0.2, 0.25) is 0 Å². The van der Waals surface area contributed by atoms with Crippen molar-refractivity contribution in [3.63, 3.8) is 0 Å². The summed E-state index contributed by atoms with van der Waals surface area (Å²) in [5.74, 6) is 2.18. The molecule has 1 N–H and O–H groups in total. The average Bonchev–Trinajstić information content (AvgIpc) is 3.14. The minimum Gasteiger partial charge on any atom is -0.317 e. The van der Waals surface area contributed by atoms with Crippen LogP contribution >= 0.6 is 0 Å². The smallest absolute Gasteiger partial charge is 0.0119 e. The van der Waals surface area contributed by atoms with Crippen LogP contribution in [0.3, 0.4) is 0 Å². The third-order valence-electron chi connectivity index (χ3n) is 4.60. The van der Waals surface area contributed by atoms with Crippen LogP contribution in [0.15, 0.2) is 0 Å². The predicted octanol–water partition coefficient (Wildman–Crippen LogP) is 1.86. The molecule has 2 nitrogen and oxygen atoms in total. The molecule has 86 valence electrons. The highest BCUT2D eigenvalue weighted by Crippen LogP contribution is 2.41. The minimum atomic E-state index is 0.910. The Morgan fingerprint density at radius 1 is 0.867 bits per heavy atom. The monoisotopic (exact) mass is 208 g/mol. The van der Waals surface area contributed by atoms with Crippen LogP contribution in [0, 0.1) is 11.8 Å². The Balaban J connectivity index is 1.55. The van der Waals surface area contributed by atoms with Crippen LogP contribution in [0.4, 0.5) is 0 Å². The fourth-order valence-corrected chi connectivity index (χ4v) is 3.50. The lowest BCUT2D eigenvalue weighted by Gasteiger charge is -2.40. The SMILES string of the molecule is C1CC(C2CC2)CN(C2CCNCC2)C1. The van der Waals surface area contributed by atoms with E-state index in [0.717, 1.165) is 17.9 Å². The van der Waals surface area contributed by atoms with Crippen LogP contribution in [0.1, 0.15) is 38.5 Å². The molecule has 1 aliphatic carbocycles. The van der Waals surface area contributed by atoms with Gasteiger partial charge in [-0.3, -0.25) is 0 Å². The van der Waals surface area contributed by atoms with Crippen molar-refractivity contribution in [2.24, 2.45) is 11.8 Å². The third kappa shape index (κ3) is 2.36. The topological polar surface area (TPSA) is 15.3 Å². The quantitative estimate of drug-likeness (QED) is 0.745. The van der Waals surface area contributed by atoms with Gasteiger partial charge in [0.2, 0.25) is 0 Å². The number of hydrogen-bond donors (Lipinski definition) is 1. The van der Waals surface area contributed by atoms with Crippen LogP contribution in [-0.2, 0) is 0 Å². The number of nitrogens with zero attached hydrogens (tertiary/aromatic N) is 1. The van der Waals surface area contributed by atoms with Crippen LogP contribution in [0.5, 0.6) is 0 Å². The highest BCUT2D eigenvalue weighted by atomic mass is 15.2. The summed E-state index contributed by atoms with van der Waals surface area (Å²) in [7, 11) is 0. The van der Waals surface area contributed by atoms with Crippen LogP contribution in [-0.4, -0.2) is 37.1 Å². The van der Waals surface area contributed by atoms with Gasteiger partial charge in [0.15, 0.2) is 0 Å². The average molecular weight is 208 g/mol. The Morgan fingerprint density at radius 2 is 1.67 bits per heavy atom. The first-order valence-corrected chi connectivity index (χ1v) is 6.88. The zero-order valence-electron chi connectivity index (χ0n) is 9.75. The molecule has 2 heteroatoms. The molecule has 0 aromatic heterocycles. The van der Waals surface area contributed by atoms with Gasteiger partial charge in [-0.15, -0.1) is 0 Å². The van der Waals surface area contributed by atoms with Crippen molar-refractivity contribution in [2.75, 3.05) is 26.2 Å². The molecule has 2 saturated heterocycles. The molecule has 15 heavy (non-hydrogen) atoms. The molecule has 1 unspecified atom stereocenters. The molecule has 0 aromatic carbocycles. The van der Waals surface area contributed by atoms with Gasteiger partial charge in [0.25, 0.3) is 0 Å². The molecule has 0 aromatic rings. The summed E-state index contributed by atoms with van der Waals surface area (Å²) < 4.78 is 0. The molecule has 1 atom stereocenters. The highest BCUT2D eigenvalue weighted by molar-refractivity contribution is 4.89. The summed E-state index contributed by atoms with van der Waals surface area (Å²) in [4.78, 5) is 2.81. The van der Waals surface area contributed by atoms with E-state index in [1.165, 1.54) is 64.7 Å². The maximum Gasteiger partial charge on any atom is 0.0119 e. The highest BCUT2D eigenvalue weighted by Gasteiger charge is 2.35. The molecular weight excluding hydrogens is 184 g/mol. The summed E-state index contributed by atoms with van der Waals surface area (Å²) in [6.07, 6.45) is 8.82. The van der Waals surface area contributed by atoms with E-state index in [4.69, 9.17) is 0 Å². The van der Waals surface area contributed by atoms with Crippen molar-refractivity contribution < 1.29 is 0 Å². The van der Waals surface area contributed by atoms with Gasteiger partial charge in [-0.1, -0.05) is 0 Å². The van der Waals surface area contributed by atoms with E-state index in [1.807, 2.05) is 0 Å². The van der Waals surface area contributed by atoms with Gasteiger partial charge in [-0.2, -0.15) is 0 Å². The number of piperidine rings is 2. The molecule has 3 rings (SSSR count). The lowest BCUT2D eigenvalue weighted by Crippen LogP contribution is -2.47. The molecular formula is C13H24N2. The molecule has 0 radical (unpaired) electrons. The van der Waals surface area contributed by atoms with E-state index >= 15 is 0 Å². The normalized spacial score (nSPS) is 35.6. The van der Waals surface area contributed by atoms with E-state index in [9.17, 15) is 0 Å². The van der Waals surface area contributed by atoms with Gasteiger partial charge in [-0.05, 0) is 70.0 Å². The largest absolute Gasteiger partial charge is 0.317 e. The van der Waals surface area contributed by atoms with E-state index in [2.05, 4.69) is 10.2 Å². The lowest BCUT2D eigenvalue weighted by molar-refractivity contribution is 0.0948. The standard InChI is InChI=1S/C13H24N2/c1-2-12(11-3-4-11)10-15(9-1)13-5-7-14-8-6-13/h11-14H,1-10H2. The minimum absolute atomic E-state index is 0.910. The van der Waals surface area contributed by atoms with Gasteiger partial charge >= 0.3 is 0 Å². The Hall–Kier alpha value is -0.0800. The van der Waals surface area contributed by atoms with Gasteiger partial charge in [0, 0.05) is 12.6 Å². The summed E-state index contributed by atoms with van der Waals surface area (Å²) in [5, 5.41) is 3.47. The van der Waals surface area contributed by atoms with Crippen molar-refractivity contribution in [3.8, 4) is 0 Å². The summed E-state index contributed by atoms with van der Waals surface area (Å²) in [5.41, 5.74) is 0. The van der Waals surface area contributed by atoms with E-state index in [0.29, 0.717) is 0 Å². The zero-order valence-corrected chi connectivity index (χ0v) is 9.75. The first-order chi connectivity index (χ1) is 7.43. The maximum absolute atomic E-state index is 3.47. The number of likely N-dealkylation sites (tertiary alicyclic amines) is 1. The fourth-order valence-electron chi connectivity index (χ4n) is 3.50. The van der Waals surface area contributed by atoms with Gasteiger partial charge < -0.3 is 10.2 Å². The van der Waals surface area contributed by atoms with E-state index in [1.54, 1.807) is 0 Å². The first-order valence-electron chi connectivity index (χ1n) is 6.88. The Morgan fingerprint density at radius 3 is 2.40 bits per heavy atom. The van der Waals surface area contributed by atoms with Crippen molar-refractivity contribution in [1.82, 2.24) is 10.2 Å². The van der Waals surface area contributed by atoms with Gasteiger partial charge in [0.1, 0.15) is 0 Å². The van der Waals surface area contributed by atoms with Crippen molar-refractivity contribution in [3.05, 3.63) is 0 Å². The second-order valence-electron chi connectivity index (χ2n) is 5.72. The molecule has 1 saturated carbocycles. The summed E-state index contributed by atoms with van der Waals surface area (Å²) in [6.45, 7) is 5.30. The predicted molar refractivity (Wildman–Crippen MR) is 62.9 cm³/mol. The molecule has 3 aliphatic rings.